The summed E-state index contributed by atoms with van der Waals surface area (Å²) >= 11 is 0. The number of rotatable bonds is 8. The highest BCUT2D eigenvalue weighted by Crippen LogP contribution is 2.10. The molecular formula is C22H42N6O2. The van der Waals surface area contributed by atoms with Crippen LogP contribution in [0.1, 0.15) is 39.0 Å². The Hall–Kier alpha value is -1.38. The number of piperidine rings is 1. The van der Waals surface area contributed by atoms with E-state index in [9.17, 15) is 9.59 Å². The number of nitrogens with one attached hydrogen (secondary N) is 1. The second-order valence-electron chi connectivity index (χ2n) is 8.92. The first kappa shape index (κ1) is 23.3. The number of urea groups is 1. The predicted octanol–water partition coefficient (Wildman–Crippen LogP) is 0.744. The number of carbonyl (C=O) groups excluding carboxylic acids is 2. The molecule has 0 saturated carbocycles. The maximum Gasteiger partial charge on any atom is 0.317 e. The molecule has 0 bridgehead atoms. The summed E-state index contributed by atoms with van der Waals surface area (Å²) in [6, 6.07) is 0.0496. The molecule has 0 unspecified atom stereocenters. The van der Waals surface area contributed by atoms with Gasteiger partial charge in [0.2, 0.25) is 5.91 Å². The molecule has 0 aromatic heterocycles. The molecule has 3 saturated heterocycles. The number of piperazine rings is 2. The minimum absolute atomic E-state index is 0.0496. The molecule has 3 aliphatic heterocycles. The Kier molecular flexibility index (Phi) is 9.68. The fourth-order valence-corrected chi connectivity index (χ4v) is 4.64. The summed E-state index contributed by atoms with van der Waals surface area (Å²) in [7, 11) is 0. The number of likely N-dealkylation sites (N-methyl/N-ethyl adjacent to an activating group) is 1. The number of amides is 3. The largest absolute Gasteiger partial charge is 0.342 e. The van der Waals surface area contributed by atoms with E-state index in [1.807, 2.05) is 9.80 Å². The molecule has 3 fully saturated rings. The Morgan fingerprint density at radius 1 is 0.700 bits per heavy atom. The highest BCUT2D eigenvalue weighted by molar-refractivity contribution is 5.78. The lowest BCUT2D eigenvalue weighted by molar-refractivity contribution is -0.133. The smallest absolute Gasteiger partial charge is 0.317 e. The summed E-state index contributed by atoms with van der Waals surface area (Å²) in [6.07, 6.45) is 5.68. The van der Waals surface area contributed by atoms with E-state index in [0.717, 1.165) is 71.5 Å². The van der Waals surface area contributed by atoms with Crippen LogP contribution in [0, 0.1) is 0 Å². The number of hydrogen-bond donors (Lipinski definition) is 1. The molecule has 3 aliphatic rings. The number of hydrogen-bond acceptors (Lipinski definition) is 5. The van der Waals surface area contributed by atoms with Gasteiger partial charge in [0, 0.05) is 72.0 Å². The van der Waals surface area contributed by atoms with E-state index in [1.54, 1.807) is 0 Å². The highest BCUT2D eigenvalue weighted by Gasteiger charge is 2.24. The van der Waals surface area contributed by atoms with Gasteiger partial charge in [-0.3, -0.25) is 9.69 Å². The van der Waals surface area contributed by atoms with E-state index < -0.39 is 0 Å². The van der Waals surface area contributed by atoms with Crippen molar-refractivity contribution in [2.75, 3.05) is 91.6 Å². The molecule has 0 aromatic rings. The van der Waals surface area contributed by atoms with Gasteiger partial charge in [0.25, 0.3) is 0 Å². The second kappa shape index (κ2) is 12.5. The first-order valence-electron chi connectivity index (χ1n) is 12.1. The Balaban J connectivity index is 1.22. The van der Waals surface area contributed by atoms with E-state index in [-0.39, 0.29) is 11.9 Å². The highest BCUT2D eigenvalue weighted by atomic mass is 16.2. The molecule has 1 N–H and O–H groups in total. The summed E-state index contributed by atoms with van der Waals surface area (Å²) < 4.78 is 0. The van der Waals surface area contributed by atoms with E-state index in [2.05, 4.69) is 26.9 Å². The lowest BCUT2D eigenvalue weighted by Gasteiger charge is -2.36. The topological polar surface area (TPSA) is 62.4 Å². The maximum absolute atomic E-state index is 12.4. The van der Waals surface area contributed by atoms with Gasteiger partial charge in [-0.2, -0.15) is 0 Å². The molecule has 0 radical (unpaired) electrons. The van der Waals surface area contributed by atoms with Crippen molar-refractivity contribution >= 4 is 11.9 Å². The van der Waals surface area contributed by atoms with Crippen LogP contribution in [0.5, 0.6) is 0 Å². The molecule has 0 aliphatic carbocycles. The third-order valence-corrected chi connectivity index (χ3v) is 6.82. The lowest BCUT2D eigenvalue weighted by atomic mass is 10.1. The Morgan fingerprint density at radius 3 is 2.00 bits per heavy atom. The van der Waals surface area contributed by atoms with Gasteiger partial charge >= 0.3 is 6.03 Å². The number of carbonyl (C=O) groups is 2. The maximum atomic E-state index is 12.4. The fourth-order valence-electron chi connectivity index (χ4n) is 4.64. The molecule has 8 nitrogen and oxygen atoms in total. The van der Waals surface area contributed by atoms with E-state index in [1.165, 1.54) is 32.6 Å². The normalized spacial score (nSPS) is 22.3. The van der Waals surface area contributed by atoms with Crippen molar-refractivity contribution in [3.8, 4) is 0 Å². The van der Waals surface area contributed by atoms with Crippen molar-refractivity contribution in [2.24, 2.45) is 0 Å². The number of likely N-dealkylation sites (tertiary alicyclic amines) is 1. The van der Waals surface area contributed by atoms with Gasteiger partial charge in [-0.25, -0.2) is 4.79 Å². The lowest BCUT2D eigenvalue weighted by Crippen LogP contribution is -2.54. The monoisotopic (exact) mass is 422 g/mol. The Labute approximate surface area is 182 Å². The Morgan fingerprint density at radius 2 is 1.33 bits per heavy atom. The summed E-state index contributed by atoms with van der Waals surface area (Å²) in [4.78, 5) is 36.0. The zero-order chi connectivity index (χ0) is 21.2. The van der Waals surface area contributed by atoms with Crippen molar-refractivity contribution in [3.05, 3.63) is 0 Å². The van der Waals surface area contributed by atoms with E-state index in [0.29, 0.717) is 19.6 Å². The van der Waals surface area contributed by atoms with Crippen molar-refractivity contribution in [1.82, 2.24) is 29.8 Å². The SMILES string of the molecule is CCN1CCN(CCCCNC(=O)N2CCN(CC(=O)N3CCCCC3)CC2)CC1. The molecule has 3 amide bonds. The van der Waals surface area contributed by atoms with Crippen LogP contribution < -0.4 is 5.32 Å². The predicted molar refractivity (Wildman–Crippen MR) is 120 cm³/mol. The van der Waals surface area contributed by atoms with Crippen LogP contribution in [0.4, 0.5) is 4.79 Å². The van der Waals surface area contributed by atoms with Crippen molar-refractivity contribution in [3.63, 3.8) is 0 Å². The van der Waals surface area contributed by atoms with Crippen LogP contribution in [0.2, 0.25) is 0 Å². The van der Waals surface area contributed by atoms with Crippen LogP contribution in [0.3, 0.4) is 0 Å². The zero-order valence-electron chi connectivity index (χ0n) is 19.0. The van der Waals surface area contributed by atoms with Gasteiger partial charge in [0.1, 0.15) is 0 Å². The number of unbranched alkanes of at least 4 members (excludes halogenated alkanes) is 1. The minimum atomic E-state index is 0.0496. The molecule has 0 atom stereocenters. The fraction of sp³-hybridized carbons (Fsp3) is 0.909. The molecule has 30 heavy (non-hydrogen) atoms. The quantitative estimate of drug-likeness (QED) is 0.585. The zero-order valence-corrected chi connectivity index (χ0v) is 19.0. The molecule has 3 rings (SSSR count). The first-order valence-corrected chi connectivity index (χ1v) is 12.1. The van der Waals surface area contributed by atoms with Crippen LogP contribution in [-0.4, -0.2) is 128 Å². The van der Waals surface area contributed by atoms with E-state index in [4.69, 9.17) is 0 Å². The standard InChI is InChI=1S/C22H42N6O2/c1-2-24-12-14-25(15-13-24)9-7-4-8-23-22(30)28-18-16-26(17-19-28)20-21(29)27-10-5-3-6-11-27/h2-20H2,1H3,(H,23,30). The molecule has 0 spiro atoms. The minimum Gasteiger partial charge on any atom is -0.342 e. The van der Waals surface area contributed by atoms with Gasteiger partial charge in [0.05, 0.1) is 6.54 Å². The summed E-state index contributed by atoms with van der Waals surface area (Å²) in [5, 5.41) is 3.08. The molecule has 172 valence electrons. The third-order valence-electron chi connectivity index (χ3n) is 6.82. The average Bonchev–Trinajstić information content (AvgIpc) is 2.80. The van der Waals surface area contributed by atoms with Gasteiger partial charge in [-0.1, -0.05) is 6.92 Å². The van der Waals surface area contributed by atoms with Crippen LogP contribution in [0.15, 0.2) is 0 Å². The van der Waals surface area contributed by atoms with Crippen LogP contribution in [-0.2, 0) is 4.79 Å². The summed E-state index contributed by atoms with van der Waals surface area (Å²) in [6.45, 7) is 15.3. The van der Waals surface area contributed by atoms with Crippen LogP contribution in [0.25, 0.3) is 0 Å². The average molecular weight is 423 g/mol. The summed E-state index contributed by atoms with van der Waals surface area (Å²) in [5.74, 6) is 0.253. The van der Waals surface area contributed by atoms with Crippen molar-refractivity contribution in [1.29, 1.82) is 0 Å². The van der Waals surface area contributed by atoms with Gasteiger partial charge in [-0.05, 0) is 45.2 Å². The number of nitrogens with zero attached hydrogens (tertiary/aromatic N) is 5. The Bertz CT molecular complexity index is 524. The van der Waals surface area contributed by atoms with Crippen molar-refractivity contribution < 1.29 is 9.59 Å². The molecule has 0 aromatic carbocycles. The van der Waals surface area contributed by atoms with E-state index >= 15 is 0 Å². The van der Waals surface area contributed by atoms with Gasteiger partial charge < -0.3 is 24.9 Å². The van der Waals surface area contributed by atoms with Crippen molar-refractivity contribution in [2.45, 2.75) is 39.0 Å². The van der Waals surface area contributed by atoms with Gasteiger partial charge in [0.15, 0.2) is 0 Å². The third kappa shape index (κ3) is 7.39. The molecule has 3 heterocycles. The molecular weight excluding hydrogens is 380 g/mol. The first-order chi connectivity index (χ1) is 14.7. The van der Waals surface area contributed by atoms with Crippen LogP contribution >= 0.6 is 0 Å². The molecule has 8 heteroatoms. The second-order valence-corrected chi connectivity index (χ2v) is 8.92. The summed E-state index contributed by atoms with van der Waals surface area (Å²) in [5.41, 5.74) is 0. The van der Waals surface area contributed by atoms with Gasteiger partial charge in [-0.15, -0.1) is 0 Å².